The van der Waals surface area contributed by atoms with Crippen molar-refractivity contribution < 1.29 is 14.3 Å². The molecule has 0 saturated carbocycles. The zero-order valence-electron chi connectivity index (χ0n) is 13.0. The lowest BCUT2D eigenvalue weighted by Crippen LogP contribution is -2.30. The molecule has 1 aliphatic heterocycles. The van der Waals surface area contributed by atoms with Gasteiger partial charge in [-0.25, -0.2) is 4.79 Å². The molecule has 1 aliphatic rings. The van der Waals surface area contributed by atoms with Gasteiger partial charge in [-0.2, -0.15) is 5.26 Å². The number of fused-ring (bicyclic) bond motifs is 1. The molecule has 0 aliphatic carbocycles. The van der Waals surface area contributed by atoms with E-state index in [9.17, 15) is 4.79 Å². The maximum atomic E-state index is 11.9. The van der Waals surface area contributed by atoms with E-state index in [1.807, 2.05) is 24.3 Å². The highest BCUT2D eigenvalue weighted by Crippen LogP contribution is 2.30. The average molecular weight is 323 g/mol. The molecule has 1 heterocycles. The molecular formula is C18H17N3O3. The van der Waals surface area contributed by atoms with Gasteiger partial charge in [0.05, 0.1) is 11.6 Å². The van der Waals surface area contributed by atoms with Crippen LogP contribution in [0.5, 0.6) is 11.5 Å². The number of nitrogens with zero attached hydrogens (tertiary/aromatic N) is 1. The molecule has 0 atom stereocenters. The number of hydrogen-bond acceptors (Lipinski definition) is 4. The van der Waals surface area contributed by atoms with Crippen molar-refractivity contribution in [3.63, 3.8) is 0 Å². The molecule has 0 saturated heterocycles. The summed E-state index contributed by atoms with van der Waals surface area (Å²) < 4.78 is 11.0. The van der Waals surface area contributed by atoms with Crippen molar-refractivity contribution in [2.24, 2.45) is 0 Å². The smallest absolute Gasteiger partial charge is 0.319 e. The van der Waals surface area contributed by atoms with Gasteiger partial charge in [-0.1, -0.05) is 6.07 Å². The number of urea groups is 1. The van der Waals surface area contributed by atoms with Crippen molar-refractivity contribution >= 4 is 11.7 Å². The Labute approximate surface area is 140 Å². The molecule has 0 unspecified atom stereocenters. The lowest BCUT2D eigenvalue weighted by Gasteiger charge is -2.18. The van der Waals surface area contributed by atoms with Crippen molar-refractivity contribution in [3.05, 3.63) is 53.6 Å². The largest absolute Gasteiger partial charge is 0.486 e. The SMILES string of the molecule is N#Cc1ccc(NC(=O)NCCc2ccc3c(c2)OCCO3)cc1. The van der Waals surface area contributed by atoms with Crippen LogP contribution in [0.2, 0.25) is 0 Å². The summed E-state index contributed by atoms with van der Waals surface area (Å²) in [4.78, 5) is 11.9. The van der Waals surface area contributed by atoms with E-state index in [0.717, 1.165) is 17.1 Å². The highest BCUT2D eigenvalue weighted by atomic mass is 16.6. The summed E-state index contributed by atoms with van der Waals surface area (Å²) in [5.41, 5.74) is 2.27. The van der Waals surface area contributed by atoms with Crippen LogP contribution in [0, 0.1) is 11.3 Å². The number of anilines is 1. The molecular weight excluding hydrogens is 306 g/mol. The molecule has 0 spiro atoms. The summed E-state index contributed by atoms with van der Waals surface area (Å²) in [7, 11) is 0. The van der Waals surface area contributed by atoms with Gasteiger partial charge in [-0.05, 0) is 48.4 Å². The number of hydrogen-bond donors (Lipinski definition) is 2. The van der Waals surface area contributed by atoms with Crippen LogP contribution < -0.4 is 20.1 Å². The van der Waals surface area contributed by atoms with Gasteiger partial charge in [0.15, 0.2) is 11.5 Å². The molecule has 122 valence electrons. The van der Waals surface area contributed by atoms with Crippen molar-refractivity contribution in [2.45, 2.75) is 6.42 Å². The molecule has 0 aromatic heterocycles. The number of rotatable bonds is 4. The topological polar surface area (TPSA) is 83.4 Å². The molecule has 2 amide bonds. The monoisotopic (exact) mass is 323 g/mol. The van der Waals surface area contributed by atoms with Crippen LogP contribution in [0.1, 0.15) is 11.1 Å². The molecule has 0 bridgehead atoms. The molecule has 0 fully saturated rings. The Kier molecular flexibility index (Phi) is 4.82. The van der Waals surface area contributed by atoms with Gasteiger partial charge in [0.25, 0.3) is 0 Å². The fraction of sp³-hybridized carbons (Fsp3) is 0.222. The van der Waals surface area contributed by atoms with Crippen LogP contribution in [0.15, 0.2) is 42.5 Å². The molecule has 6 nitrogen and oxygen atoms in total. The Morgan fingerprint density at radius 1 is 1.08 bits per heavy atom. The maximum absolute atomic E-state index is 11.9. The summed E-state index contributed by atoms with van der Waals surface area (Å²) >= 11 is 0. The zero-order chi connectivity index (χ0) is 16.8. The standard InChI is InChI=1S/C18H17N3O3/c19-12-14-1-4-15(5-2-14)21-18(22)20-8-7-13-3-6-16-17(11-13)24-10-9-23-16/h1-6,11H,7-10H2,(H2,20,21,22). The first-order valence-corrected chi connectivity index (χ1v) is 7.68. The molecule has 0 radical (unpaired) electrons. The summed E-state index contributed by atoms with van der Waals surface area (Å²) in [6, 6.07) is 14.3. The Balaban J connectivity index is 1.47. The predicted molar refractivity (Wildman–Crippen MR) is 89.3 cm³/mol. The van der Waals surface area contributed by atoms with E-state index in [0.29, 0.717) is 37.4 Å². The van der Waals surface area contributed by atoms with Gasteiger partial charge in [0.1, 0.15) is 13.2 Å². The minimum atomic E-state index is -0.280. The van der Waals surface area contributed by atoms with Gasteiger partial charge in [0, 0.05) is 12.2 Å². The number of ether oxygens (including phenoxy) is 2. The number of nitriles is 1. The molecule has 3 rings (SSSR count). The minimum absolute atomic E-state index is 0.280. The van der Waals surface area contributed by atoms with Crippen LogP contribution in [-0.4, -0.2) is 25.8 Å². The van der Waals surface area contributed by atoms with E-state index in [2.05, 4.69) is 10.6 Å². The zero-order valence-corrected chi connectivity index (χ0v) is 13.0. The van der Waals surface area contributed by atoms with Crippen molar-refractivity contribution in [3.8, 4) is 17.6 Å². The summed E-state index contributed by atoms with van der Waals surface area (Å²) in [5, 5.41) is 14.3. The van der Waals surface area contributed by atoms with E-state index in [4.69, 9.17) is 14.7 Å². The fourth-order valence-corrected chi connectivity index (χ4v) is 2.37. The minimum Gasteiger partial charge on any atom is -0.486 e. The first-order valence-electron chi connectivity index (χ1n) is 7.68. The number of benzene rings is 2. The lowest BCUT2D eigenvalue weighted by atomic mass is 10.1. The van der Waals surface area contributed by atoms with Crippen LogP contribution in [-0.2, 0) is 6.42 Å². The second kappa shape index (κ2) is 7.38. The van der Waals surface area contributed by atoms with Crippen molar-refractivity contribution in [2.75, 3.05) is 25.1 Å². The molecule has 2 N–H and O–H groups in total. The first kappa shape index (κ1) is 15.7. The highest BCUT2D eigenvalue weighted by molar-refractivity contribution is 5.89. The van der Waals surface area contributed by atoms with Gasteiger partial charge in [0.2, 0.25) is 0 Å². The van der Waals surface area contributed by atoms with E-state index >= 15 is 0 Å². The quantitative estimate of drug-likeness (QED) is 0.906. The van der Waals surface area contributed by atoms with Crippen molar-refractivity contribution in [1.82, 2.24) is 5.32 Å². The molecule has 6 heteroatoms. The van der Waals surface area contributed by atoms with E-state index in [-0.39, 0.29) is 6.03 Å². The predicted octanol–water partition coefficient (Wildman–Crippen LogP) is 2.69. The van der Waals surface area contributed by atoms with E-state index in [1.54, 1.807) is 24.3 Å². The highest BCUT2D eigenvalue weighted by Gasteiger charge is 2.11. The van der Waals surface area contributed by atoms with Gasteiger partial charge < -0.3 is 20.1 Å². The Hall–Kier alpha value is -3.20. The molecule has 2 aromatic carbocycles. The first-order chi connectivity index (χ1) is 11.7. The maximum Gasteiger partial charge on any atom is 0.319 e. The van der Waals surface area contributed by atoms with Gasteiger partial charge in [-0.3, -0.25) is 0 Å². The number of carbonyl (C=O) groups is 1. The Morgan fingerprint density at radius 3 is 2.58 bits per heavy atom. The van der Waals surface area contributed by atoms with Gasteiger partial charge >= 0.3 is 6.03 Å². The second-order valence-electron chi connectivity index (χ2n) is 5.30. The Morgan fingerprint density at radius 2 is 1.83 bits per heavy atom. The van der Waals surface area contributed by atoms with Crippen LogP contribution in [0.25, 0.3) is 0 Å². The summed E-state index contributed by atoms with van der Waals surface area (Å²) in [6.07, 6.45) is 0.692. The molecule has 2 aromatic rings. The number of nitrogens with one attached hydrogen (secondary N) is 2. The fourth-order valence-electron chi connectivity index (χ4n) is 2.37. The number of carbonyl (C=O) groups excluding carboxylic acids is 1. The average Bonchev–Trinajstić information content (AvgIpc) is 2.62. The van der Waals surface area contributed by atoms with Crippen molar-refractivity contribution in [1.29, 1.82) is 5.26 Å². The third-order valence-electron chi connectivity index (χ3n) is 3.58. The van der Waals surface area contributed by atoms with Gasteiger partial charge in [-0.15, -0.1) is 0 Å². The summed E-state index contributed by atoms with van der Waals surface area (Å²) in [5.74, 6) is 1.51. The third-order valence-corrected chi connectivity index (χ3v) is 3.58. The van der Waals surface area contributed by atoms with Crippen LogP contribution in [0.3, 0.4) is 0 Å². The number of amides is 2. The second-order valence-corrected chi connectivity index (χ2v) is 5.30. The van der Waals surface area contributed by atoms with E-state index < -0.39 is 0 Å². The third kappa shape index (κ3) is 3.96. The lowest BCUT2D eigenvalue weighted by molar-refractivity contribution is 0.171. The van der Waals surface area contributed by atoms with E-state index in [1.165, 1.54) is 0 Å². The Bertz CT molecular complexity index is 766. The summed E-state index contributed by atoms with van der Waals surface area (Å²) in [6.45, 7) is 1.63. The molecule has 24 heavy (non-hydrogen) atoms. The normalized spacial score (nSPS) is 12.1. The van der Waals surface area contributed by atoms with Crippen LogP contribution in [0.4, 0.5) is 10.5 Å². The van der Waals surface area contributed by atoms with Crippen LogP contribution >= 0.6 is 0 Å².